The van der Waals surface area contributed by atoms with Crippen LogP contribution < -0.4 is 15.4 Å². The number of ketones is 2. The molecule has 2 amide bonds. The van der Waals surface area contributed by atoms with Gasteiger partial charge in [0.2, 0.25) is 0 Å². The standard InChI is InChI=1S/C36H30N4O5/c1-16-17(2)19(4)30(28(18(16)3)20-9-7-8-10-20)40-35(44)24-14-22-23(15-25(24)36(40)45)32(42)29(31(22)41)33-37-27-12-11-21(39(5)6)13-26(27)34(43)38-33/h7-9,11-15,29H,10H2,1-6H3,(H,37,38,43). The van der Waals surface area contributed by atoms with Crippen molar-refractivity contribution in [3.8, 4) is 0 Å². The van der Waals surface area contributed by atoms with E-state index in [9.17, 15) is 24.0 Å². The molecule has 224 valence electrons. The normalized spacial score (nSPS) is 15.9. The van der Waals surface area contributed by atoms with Gasteiger partial charge >= 0.3 is 0 Å². The second kappa shape index (κ2) is 9.79. The van der Waals surface area contributed by atoms with Crippen molar-refractivity contribution in [2.24, 2.45) is 0 Å². The van der Waals surface area contributed by atoms with Crippen LogP contribution in [0.3, 0.4) is 0 Å². The zero-order valence-corrected chi connectivity index (χ0v) is 25.8. The minimum absolute atomic E-state index is 0.0355. The lowest BCUT2D eigenvalue weighted by Crippen LogP contribution is -2.31. The molecule has 0 bridgehead atoms. The van der Waals surface area contributed by atoms with E-state index < -0.39 is 34.9 Å². The van der Waals surface area contributed by atoms with Crippen molar-refractivity contribution in [2.75, 3.05) is 23.9 Å². The van der Waals surface area contributed by atoms with Crippen LogP contribution in [0.1, 0.15) is 87.4 Å². The quantitative estimate of drug-likeness (QED) is 0.242. The first kappa shape index (κ1) is 28.3. The molecule has 0 atom stereocenters. The third-order valence-corrected chi connectivity index (χ3v) is 9.55. The van der Waals surface area contributed by atoms with Crippen LogP contribution in [0.25, 0.3) is 16.5 Å². The number of nitrogens with one attached hydrogen (secondary N) is 1. The predicted octanol–water partition coefficient (Wildman–Crippen LogP) is 5.53. The van der Waals surface area contributed by atoms with Gasteiger partial charge in [0.25, 0.3) is 17.4 Å². The second-order valence-corrected chi connectivity index (χ2v) is 12.1. The summed E-state index contributed by atoms with van der Waals surface area (Å²) in [5.74, 6) is -3.70. The van der Waals surface area contributed by atoms with E-state index in [-0.39, 0.29) is 28.1 Å². The fraction of sp³-hybridized carbons (Fsp3) is 0.222. The number of amides is 2. The number of carbonyl (C=O) groups excluding carboxylic acids is 4. The Hall–Kier alpha value is -5.44. The first-order valence-corrected chi connectivity index (χ1v) is 14.7. The summed E-state index contributed by atoms with van der Waals surface area (Å²) in [6.07, 6.45) is 6.67. The van der Waals surface area contributed by atoms with Crippen molar-refractivity contribution < 1.29 is 19.2 Å². The van der Waals surface area contributed by atoms with E-state index in [0.717, 1.165) is 39.1 Å². The minimum atomic E-state index is -1.38. The molecule has 0 radical (unpaired) electrons. The number of H-pyrrole nitrogens is 1. The molecule has 4 aromatic rings. The number of carbonyl (C=O) groups is 4. The first-order valence-electron chi connectivity index (χ1n) is 14.7. The van der Waals surface area contributed by atoms with Crippen molar-refractivity contribution >= 4 is 51.2 Å². The highest BCUT2D eigenvalue weighted by Gasteiger charge is 2.46. The lowest BCUT2D eigenvalue weighted by atomic mass is 9.87. The number of imide groups is 1. The molecule has 9 heteroatoms. The summed E-state index contributed by atoms with van der Waals surface area (Å²) in [4.78, 5) is 78.7. The Morgan fingerprint density at radius 1 is 0.800 bits per heavy atom. The average Bonchev–Trinajstić information content (AvgIpc) is 3.69. The number of benzene rings is 3. The van der Waals surface area contributed by atoms with Crippen LogP contribution in [-0.2, 0) is 0 Å². The van der Waals surface area contributed by atoms with Gasteiger partial charge in [-0.05, 0) is 92.3 Å². The largest absolute Gasteiger partial charge is 0.378 e. The molecule has 7 rings (SSSR count). The summed E-state index contributed by atoms with van der Waals surface area (Å²) >= 11 is 0. The Kier molecular flexibility index (Phi) is 6.16. The molecule has 1 N–H and O–H groups in total. The highest BCUT2D eigenvalue weighted by molar-refractivity contribution is 6.38. The number of fused-ring (bicyclic) bond motifs is 3. The van der Waals surface area contributed by atoms with Gasteiger partial charge < -0.3 is 9.88 Å². The van der Waals surface area contributed by atoms with Crippen molar-refractivity contribution in [2.45, 2.75) is 40.0 Å². The van der Waals surface area contributed by atoms with E-state index in [1.807, 2.05) is 64.9 Å². The van der Waals surface area contributed by atoms with E-state index in [1.165, 1.54) is 17.0 Å². The van der Waals surface area contributed by atoms with Gasteiger partial charge in [-0.2, -0.15) is 0 Å². The average molecular weight is 599 g/mol. The van der Waals surface area contributed by atoms with Crippen LogP contribution in [0, 0.1) is 27.7 Å². The van der Waals surface area contributed by atoms with Gasteiger partial charge in [-0.25, -0.2) is 9.88 Å². The number of hydrogen-bond acceptors (Lipinski definition) is 7. The number of anilines is 2. The smallest absolute Gasteiger partial charge is 0.266 e. The Morgan fingerprint density at radius 2 is 1.42 bits per heavy atom. The summed E-state index contributed by atoms with van der Waals surface area (Å²) in [6.45, 7) is 7.91. The van der Waals surface area contributed by atoms with Crippen molar-refractivity contribution in [1.82, 2.24) is 9.97 Å². The Labute approximate surface area is 258 Å². The molecule has 0 unspecified atom stereocenters. The van der Waals surface area contributed by atoms with E-state index in [1.54, 1.807) is 18.2 Å². The number of allylic oxidation sites excluding steroid dienone is 4. The minimum Gasteiger partial charge on any atom is -0.378 e. The monoisotopic (exact) mass is 598 g/mol. The molecule has 45 heavy (non-hydrogen) atoms. The van der Waals surface area contributed by atoms with E-state index >= 15 is 0 Å². The van der Waals surface area contributed by atoms with Gasteiger partial charge in [0.1, 0.15) is 11.7 Å². The van der Waals surface area contributed by atoms with Gasteiger partial charge in [0.15, 0.2) is 11.6 Å². The van der Waals surface area contributed by atoms with Gasteiger partial charge in [0.05, 0.1) is 27.7 Å². The van der Waals surface area contributed by atoms with E-state index in [2.05, 4.69) is 9.97 Å². The van der Waals surface area contributed by atoms with Crippen molar-refractivity contribution in [3.63, 3.8) is 0 Å². The third-order valence-electron chi connectivity index (χ3n) is 9.55. The molecule has 0 saturated heterocycles. The zero-order chi connectivity index (χ0) is 32.1. The third kappa shape index (κ3) is 3.93. The van der Waals surface area contributed by atoms with Crippen LogP contribution in [0.2, 0.25) is 0 Å². The van der Waals surface area contributed by atoms with Crippen LogP contribution in [-0.4, -0.2) is 47.4 Å². The highest BCUT2D eigenvalue weighted by Crippen LogP contribution is 2.44. The maximum atomic E-state index is 14.1. The maximum absolute atomic E-state index is 14.1. The number of rotatable bonds is 4. The molecular weight excluding hydrogens is 568 g/mol. The summed E-state index contributed by atoms with van der Waals surface area (Å²) in [5, 5.41) is 0.330. The molecule has 3 aliphatic rings. The lowest BCUT2D eigenvalue weighted by Gasteiger charge is -2.26. The van der Waals surface area contributed by atoms with E-state index in [4.69, 9.17) is 0 Å². The number of hydrogen-bond donors (Lipinski definition) is 1. The topological polar surface area (TPSA) is 121 Å². The molecule has 2 aliphatic carbocycles. The molecule has 9 nitrogen and oxygen atoms in total. The fourth-order valence-corrected chi connectivity index (χ4v) is 6.73. The summed E-state index contributed by atoms with van der Waals surface area (Å²) < 4.78 is 0. The number of aromatic amines is 1. The van der Waals surface area contributed by atoms with Crippen LogP contribution in [0.15, 0.2) is 53.4 Å². The van der Waals surface area contributed by atoms with Gasteiger partial charge in [-0.1, -0.05) is 18.2 Å². The SMILES string of the molecule is Cc1c(C)c(C)c(N2C(=O)c3cc4c(cc3C2=O)C(=O)C(c2nc3ccc(N(C)C)cc3c(=O)[nH]2)C4=O)c(C2=CC=CC2)c1C. The van der Waals surface area contributed by atoms with Gasteiger partial charge in [0, 0.05) is 36.5 Å². The zero-order valence-electron chi connectivity index (χ0n) is 25.8. The maximum Gasteiger partial charge on any atom is 0.266 e. The summed E-state index contributed by atoms with van der Waals surface area (Å²) in [5.41, 5.74) is 7.16. The van der Waals surface area contributed by atoms with Gasteiger partial charge in [-0.3, -0.25) is 24.0 Å². The molecule has 0 saturated carbocycles. The summed E-state index contributed by atoms with van der Waals surface area (Å²) in [6, 6.07) is 7.86. The Balaban J connectivity index is 1.31. The fourth-order valence-electron chi connectivity index (χ4n) is 6.73. The van der Waals surface area contributed by atoms with Crippen LogP contribution >= 0.6 is 0 Å². The Bertz CT molecular complexity index is 2160. The number of nitrogens with zero attached hydrogens (tertiary/aromatic N) is 3. The lowest BCUT2D eigenvalue weighted by molar-refractivity contribution is 0.0882. The molecule has 3 aromatic carbocycles. The van der Waals surface area contributed by atoms with Crippen LogP contribution in [0.4, 0.5) is 11.4 Å². The molecule has 0 fully saturated rings. The molecule has 2 heterocycles. The van der Waals surface area contributed by atoms with Gasteiger partial charge in [-0.15, -0.1) is 0 Å². The molecular formula is C36H30N4O5. The number of aromatic nitrogens is 2. The molecule has 1 aromatic heterocycles. The molecule has 0 spiro atoms. The predicted molar refractivity (Wildman–Crippen MR) is 173 cm³/mol. The van der Waals surface area contributed by atoms with E-state index in [0.29, 0.717) is 23.0 Å². The Morgan fingerprint density at radius 3 is 2.00 bits per heavy atom. The summed E-state index contributed by atoms with van der Waals surface area (Å²) in [7, 11) is 3.70. The highest BCUT2D eigenvalue weighted by atomic mass is 16.2. The van der Waals surface area contributed by atoms with Crippen molar-refractivity contribution in [3.05, 3.63) is 115 Å². The molecule has 1 aliphatic heterocycles. The van der Waals surface area contributed by atoms with Crippen molar-refractivity contribution in [1.29, 1.82) is 0 Å². The second-order valence-electron chi connectivity index (χ2n) is 12.1. The van der Waals surface area contributed by atoms with Crippen LogP contribution in [0.5, 0.6) is 0 Å². The first-order chi connectivity index (χ1) is 21.4. The number of Topliss-reactive ketones (excluding diaryl/α,β-unsaturated/α-hetero) is 2.